The maximum Gasteiger partial charge on any atom is 0.418 e. The van der Waals surface area contributed by atoms with Crippen LogP contribution in [0.4, 0.5) is 23.2 Å². The van der Waals surface area contributed by atoms with Crippen molar-refractivity contribution >= 4 is 22.5 Å². The van der Waals surface area contributed by atoms with E-state index in [0.29, 0.717) is 16.5 Å². The van der Waals surface area contributed by atoms with Gasteiger partial charge in [0.2, 0.25) is 5.91 Å². The van der Waals surface area contributed by atoms with E-state index in [-0.39, 0.29) is 5.69 Å². The first-order valence-electron chi connectivity index (χ1n) is 7.85. The molecule has 0 atom stereocenters. The smallest absolute Gasteiger partial charge is 0.361 e. The molecule has 0 bridgehead atoms. The summed E-state index contributed by atoms with van der Waals surface area (Å²) in [5.41, 5.74) is -1.28. The molecule has 1 aromatic heterocycles. The molecule has 0 spiro atoms. The monoisotopic (exact) mass is 364 g/mol. The Morgan fingerprint density at radius 3 is 2.42 bits per heavy atom. The van der Waals surface area contributed by atoms with Crippen LogP contribution in [-0.2, 0) is 16.4 Å². The van der Waals surface area contributed by atoms with Crippen molar-refractivity contribution < 1.29 is 22.4 Å². The van der Waals surface area contributed by atoms with Crippen LogP contribution in [-0.4, -0.2) is 10.9 Å². The molecular weight excluding hydrogens is 348 g/mol. The molecule has 2 aromatic carbocycles. The van der Waals surface area contributed by atoms with Gasteiger partial charge in [-0.05, 0) is 49.7 Å². The third kappa shape index (κ3) is 3.16. The average Bonchev–Trinajstić information content (AvgIpc) is 2.98. The topological polar surface area (TPSA) is 44.9 Å². The Morgan fingerprint density at radius 1 is 1.04 bits per heavy atom. The van der Waals surface area contributed by atoms with E-state index in [1.54, 1.807) is 20.0 Å². The van der Waals surface area contributed by atoms with Gasteiger partial charge < -0.3 is 10.3 Å². The molecule has 0 saturated carbocycles. The summed E-state index contributed by atoms with van der Waals surface area (Å²) in [5.74, 6) is -1.02. The fourth-order valence-electron chi connectivity index (χ4n) is 2.86. The van der Waals surface area contributed by atoms with Gasteiger partial charge in [-0.25, -0.2) is 4.39 Å². The summed E-state index contributed by atoms with van der Waals surface area (Å²) in [6.45, 7) is 3.20. The normalized spacial score (nSPS) is 12.4. The summed E-state index contributed by atoms with van der Waals surface area (Å²) >= 11 is 0. The molecule has 3 aromatic rings. The van der Waals surface area contributed by atoms with Gasteiger partial charge in [-0.2, -0.15) is 13.2 Å². The molecule has 0 aliphatic heterocycles. The van der Waals surface area contributed by atoms with Crippen LogP contribution in [0.25, 0.3) is 10.9 Å². The lowest BCUT2D eigenvalue weighted by atomic mass is 9.83. The van der Waals surface area contributed by atoms with Crippen molar-refractivity contribution in [3.05, 3.63) is 65.6 Å². The van der Waals surface area contributed by atoms with Gasteiger partial charge in [0, 0.05) is 17.1 Å². The number of aromatic amines is 1. The van der Waals surface area contributed by atoms with Crippen molar-refractivity contribution in [1.29, 1.82) is 0 Å². The second kappa shape index (κ2) is 6.16. The van der Waals surface area contributed by atoms with Crippen molar-refractivity contribution in [1.82, 2.24) is 4.98 Å². The number of carbonyl (C=O) groups excluding carboxylic acids is 1. The van der Waals surface area contributed by atoms with Crippen molar-refractivity contribution in [2.45, 2.75) is 25.4 Å². The molecule has 7 heteroatoms. The van der Waals surface area contributed by atoms with Crippen LogP contribution >= 0.6 is 0 Å². The largest absolute Gasteiger partial charge is 0.418 e. The van der Waals surface area contributed by atoms with E-state index < -0.39 is 28.9 Å². The van der Waals surface area contributed by atoms with Gasteiger partial charge in [0.15, 0.2) is 0 Å². The molecule has 2 N–H and O–H groups in total. The SMILES string of the molecule is CC(C)(C(=O)Nc1ccccc1C(F)(F)F)c1c[nH]c2cc(F)ccc12. The van der Waals surface area contributed by atoms with Gasteiger partial charge in [-0.1, -0.05) is 12.1 Å². The van der Waals surface area contributed by atoms with E-state index in [1.165, 1.54) is 36.4 Å². The van der Waals surface area contributed by atoms with Gasteiger partial charge in [0.25, 0.3) is 0 Å². The van der Waals surface area contributed by atoms with Crippen LogP contribution in [0, 0.1) is 5.82 Å². The van der Waals surface area contributed by atoms with Crippen LogP contribution < -0.4 is 5.32 Å². The Balaban J connectivity index is 1.97. The Labute approximate surface area is 147 Å². The lowest BCUT2D eigenvalue weighted by Gasteiger charge is -2.24. The van der Waals surface area contributed by atoms with Crippen LogP contribution in [0.2, 0.25) is 0 Å². The molecule has 136 valence electrons. The number of nitrogens with one attached hydrogen (secondary N) is 2. The minimum absolute atomic E-state index is 0.302. The number of hydrogen-bond acceptors (Lipinski definition) is 1. The summed E-state index contributed by atoms with van der Waals surface area (Å²) in [7, 11) is 0. The molecule has 3 rings (SSSR count). The van der Waals surface area contributed by atoms with Crippen LogP contribution in [0.1, 0.15) is 25.0 Å². The van der Waals surface area contributed by atoms with E-state index in [4.69, 9.17) is 0 Å². The minimum Gasteiger partial charge on any atom is -0.361 e. The number of amides is 1. The maximum absolute atomic E-state index is 13.3. The first kappa shape index (κ1) is 18.0. The molecule has 26 heavy (non-hydrogen) atoms. The molecular formula is C19H16F4N2O. The first-order chi connectivity index (χ1) is 12.1. The van der Waals surface area contributed by atoms with Gasteiger partial charge in [0.05, 0.1) is 16.7 Å². The highest BCUT2D eigenvalue weighted by molar-refractivity contribution is 6.02. The highest BCUT2D eigenvalue weighted by Crippen LogP contribution is 2.36. The summed E-state index contributed by atoms with van der Waals surface area (Å²) in [4.78, 5) is 15.6. The van der Waals surface area contributed by atoms with Crippen molar-refractivity contribution in [2.24, 2.45) is 0 Å². The third-order valence-corrected chi connectivity index (χ3v) is 4.37. The molecule has 0 fully saturated rings. The molecule has 1 heterocycles. The number of H-pyrrole nitrogens is 1. The molecule has 0 unspecified atom stereocenters. The van der Waals surface area contributed by atoms with Gasteiger partial charge in [0.1, 0.15) is 5.82 Å². The van der Waals surface area contributed by atoms with Gasteiger partial charge >= 0.3 is 6.18 Å². The fourth-order valence-corrected chi connectivity index (χ4v) is 2.86. The number of fused-ring (bicyclic) bond motifs is 1. The average molecular weight is 364 g/mol. The van der Waals surface area contributed by atoms with Crippen LogP contribution in [0.15, 0.2) is 48.7 Å². The number of para-hydroxylation sites is 1. The quantitative estimate of drug-likeness (QED) is 0.613. The molecule has 0 aliphatic carbocycles. The van der Waals surface area contributed by atoms with E-state index >= 15 is 0 Å². The second-order valence-corrected chi connectivity index (χ2v) is 6.51. The number of aromatic nitrogens is 1. The summed E-state index contributed by atoms with van der Waals surface area (Å²) in [6.07, 6.45) is -3.01. The van der Waals surface area contributed by atoms with Gasteiger partial charge in [-0.15, -0.1) is 0 Å². The lowest BCUT2D eigenvalue weighted by molar-refractivity contribution is -0.137. The minimum atomic E-state index is -4.58. The molecule has 0 radical (unpaired) electrons. The van der Waals surface area contributed by atoms with Crippen molar-refractivity contribution in [3.63, 3.8) is 0 Å². The summed E-state index contributed by atoms with van der Waals surface area (Å²) < 4.78 is 52.7. The van der Waals surface area contributed by atoms with E-state index in [2.05, 4.69) is 10.3 Å². The summed E-state index contributed by atoms with van der Waals surface area (Å²) in [5, 5.41) is 3.01. The van der Waals surface area contributed by atoms with E-state index in [1.807, 2.05) is 0 Å². The maximum atomic E-state index is 13.3. The number of rotatable bonds is 3. The number of benzene rings is 2. The zero-order valence-corrected chi connectivity index (χ0v) is 14.0. The zero-order chi connectivity index (χ0) is 19.1. The van der Waals surface area contributed by atoms with E-state index in [9.17, 15) is 22.4 Å². The van der Waals surface area contributed by atoms with Crippen molar-refractivity contribution in [2.75, 3.05) is 5.32 Å². The third-order valence-electron chi connectivity index (χ3n) is 4.37. The fraction of sp³-hybridized carbons (Fsp3) is 0.211. The number of hydrogen-bond donors (Lipinski definition) is 2. The Bertz CT molecular complexity index is 973. The lowest BCUT2D eigenvalue weighted by Crippen LogP contribution is -2.35. The predicted molar refractivity (Wildman–Crippen MR) is 91.4 cm³/mol. The van der Waals surface area contributed by atoms with E-state index in [0.717, 1.165) is 6.07 Å². The summed E-state index contributed by atoms with van der Waals surface area (Å²) in [6, 6.07) is 8.91. The molecule has 0 saturated heterocycles. The molecule has 3 nitrogen and oxygen atoms in total. The Kier molecular flexibility index (Phi) is 4.26. The Hall–Kier alpha value is -2.83. The highest BCUT2D eigenvalue weighted by Gasteiger charge is 2.36. The zero-order valence-electron chi connectivity index (χ0n) is 14.0. The number of halogens is 4. The number of anilines is 1. The first-order valence-corrected chi connectivity index (χ1v) is 7.85. The Morgan fingerprint density at radius 2 is 1.73 bits per heavy atom. The molecule has 1 amide bonds. The second-order valence-electron chi connectivity index (χ2n) is 6.51. The number of carbonyl (C=O) groups is 1. The van der Waals surface area contributed by atoms with Crippen LogP contribution in [0.5, 0.6) is 0 Å². The van der Waals surface area contributed by atoms with Gasteiger partial charge in [-0.3, -0.25) is 4.79 Å². The number of alkyl halides is 3. The predicted octanol–water partition coefficient (Wildman–Crippen LogP) is 5.24. The van der Waals surface area contributed by atoms with Crippen molar-refractivity contribution in [3.8, 4) is 0 Å². The standard InChI is InChI=1S/C19H16F4N2O/c1-18(2,14-10-24-16-9-11(20)7-8-12(14)16)17(26)25-15-6-4-3-5-13(15)19(21,22)23/h3-10,24H,1-2H3,(H,25,26). The highest BCUT2D eigenvalue weighted by atomic mass is 19.4. The van der Waals surface area contributed by atoms with Crippen LogP contribution in [0.3, 0.4) is 0 Å². The molecule has 0 aliphatic rings.